The van der Waals surface area contributed by atoms with Crippen LogP contribution >= 0.6 is 11.6 Å². The average Bonchev–Trinajstić information content (AvgIpc) is 2.53. The van der Waals surface area contributed by atoms with Crippen molar-refractivity contribution in [3.8, 4) is 11.5 Å². The number of ether oxygens (including phenoxy) is 2. The molecule has 2 rings (SSSR count). The molecule has 0 radical (unpaired) electrons. The molecule has 0 fully saturated rings. The van der Waals surface area contributed by atoms with Crippen LogP contribution in [0, 0.1) is 0 Å². The minimum absolute atomic E-state index is 0.0684. The lowest BCUT2D eigenvalue weighted by molar-refractivity contribution is 0.397. The maximum absolute atomic E-state index is 6.63. The molecule has 2 unspecified atom stereocenters. The Balaban J connectivity index is 2.34. The van der Waals surface area contributed by atoms with Crippen molar-refractivity contribution in [1.29, 1.82) is 0 Å². The molecule has 0 bridgehead atoms. The second-order valence-corrected chi connectivity index (χ2v) is 5.02. The largest absolute Gasteiger partial charge is 0.497 e. The maximum Gasteiger partial charge on any atom is 0.123 e. The summed E-state index contributed by atoms with van der Waals surface area (Å²) < 4.78 is 10.7. The quantitative estimate of drug-likeness (QED) is 0.774. The second kappa shape index (κ2) is 6.62. The highest BCUT2D eigenvalue weighted by molar-refractivity contribution is 6.21. The third-order valence-electron chi connectivity index (χ3n) is 3.33. The van der Waals surface area contributed by atoms with Crippen molar-refractivity contribution in [2.75, 3.05) is 14.2 Å². The van der Waals surface area contributed by atoms with E-state index in [2.05, 4.69) is 11.9 Å². The predicted octanol–water partition coefficient (Wildman–Crippen LogP) is 4.18. The summed E-state index contributed by atoms with van der Waals surface area (Å²) >= 11 is 6.63. The molecule has 106 valence electrons. The molecule has 0 amide bonds. The van der Waals surface area contributed by atoms with E-state index in [1.807, 2.05) is 36.4 Å². The highest BCUT2D eigenvalue weighted by Crippen LogP contribution is 2.41. The van der Waals surface area contributed by atoms with Gasteiger partial charge < -0.3 is 9.47 Å². The van der Waals surface area contributed by atoms with Crippen LogP contribution in [0.1, 0.15) is 29.5 Å². The van der Waals surface area contributed by atoms with Crippen molar-refractivity contribution in [3.05, 3.63) is 53.9 Å². The Morgan fingerprint density at radius 3 is 2.50 bits per heavy atom. The summed E-state index contributed by atoms with van der Waals surface area (Å²) in [6, 6.07) is 11.5. The zero-order chi connectivity index (χ0) is 14.5. The molecule has 0 saturated heterocycles. The van der Waals surface area contributed by atoms with Gasteiger partial charge in [-0.15, -0.1) is 11.6 Å². The summed E-state index contributed by atoms with van der Waals surface area (Å²) in [5, 5.41) is -0.241. The van der Waals surface area contributed by atoms with Gasteiger partial charge in [0.2, 0.25) is 0 Å². The van der Waals surface area contributed by atoms with Gasteiger partial charge in [0.1, 0.15) is 11.5 Å². The Morgan fingerprint density at radius 2 is 1.90 bits per heavy atom. The van der Waals surface area contributed by atoms with Crippen molar-refractivity contribution < 1.29 is 9.47 Å². The van der Waals surface area contributed by atoms with Gasteiger partial charge >= 0.3 is 0 Å². The Morgan fingerprint density at radius 1 is 1.10 bits per heavy atom. The number of halogens is 1. The van der Waals surface area contributed by atoms with Crippen LogP contribution in [-0.2, 0) is 0 Å². The first-order valence-electron chi connectivity index (χ1n) is 6.44. The van der Waals surface area contributed by atoms with E-state index >= 15 is 0 Å². The number of hydrogen-bond donors (Lipinski definition) is 0. The number of nitrogens with zero attached hydrogens (tertiary/aromatic N) is 1. The number of alkyl halides is 1. The molecule has 2 atom stereocenters. The Labute approximate surface area is 124 Å². The number of benzene rings is 1. The zero-order valence-corrected chi connectivity index (χ0v) is 12.6. The lowest BCUT2D eigenvalue weighted by Gasteiger charge is -2.20. The molecule has 0 aliphatic carbocycles. The molecule has 4 heteroatoms. The highest BCUT2D eigenvalue weighted by Gasteiger charge is 2.23. The summed E-state index contributed by atoms with van der Waals surface area (Å²) in [7, 11) is 3.28. The monoisotopic (exact) mass is 291 g/mol. The summed E-state index contributed by atoms with van der Waals surface area (Å²) in [6.45, 7) is 2.05. The van der Waals surface area contributed by atoms with Crippen LogP contribution in [0.15, 0.2) is 42.6 Å². The molecule has 20 heavy (non-hydrogen) atoms. The van der Waals surface area contributed by atoms with Crippen LogP contribution in [0.25, 0.3) is 0 Å². The minimum atomic E-state index is -0.241. The highest BCUT2D eigenvalue weighted by atomic mass is 35.5. The van der Waals surface area contributed by atoms with E-state index in [-0.39, 0.29) is 11.3 Å². The molecular weight excluding hydrogens is 274 g/mol. The molecular formula is C16H18ClNO2. The fourth-order valence-corrected chi connectivity index (χ4v) is 2.42. The van der Waals surface area contributed by atoms with E-state index in [4.69, 9.17) is 21.1 Å². The van der Waals surface area contributed by atoms with Gasteiger partial charge in [0, 0.05) is 23.4 Å². The number of rotatable bonds is 5. The topological polar surface area (TPSA) is 31.4 Å². The van der Waals surface area contributed by atoms with E-state index in [9.17, 15) is 0 Å². The van der Waals surface area contributed by atoms with Crippen LogP contribution in [0.3, 0.4) is 0 Å². The SMILES string of the molecule is COc1ccc(OC)c(C(Cl)C(C)c2ccccn2)c1. The smallest absolute Gasteiger partial charge is 0.123 e. The van der Waals surface area contributed by atoms with Crippen molar-refractivity contribution in [3.63, 3.8) is 0 Å². The number of pyridine rings is 1. The third kappa shape index (κ3) is 3.05. The van der Waals surface area contributed by atoms with Gasteiger partial charge in [0.15, 0.2) is 0 Å². The maximum atomic E-state index is 6.63. The van der Waals surface area contributed by atoms with E-state index in [1.54, 1.807) is 20.4 Å². The van der Waals surface area contributed by atoms with E-state index in [1.165, 1.54) is 0 Å². The first-order chi connectivity index (χ1) is 9.67. The minimum Gasteiger partial charge on any atom is -0.497 e. The number of methoxy groups -OCH3 is 2. The van der Waals surface area contributed by atoms with Gasteiger partial charge in [-0.05, 0) is 30.3 Å². The standard InChI is InChI=1S/C16H18ClNO2/c1-11(14-6-4-5-9-18-14)16(17)13-10-12(19-2)7-8-15(13)20-3/h4-11,16H,1-3H3. The van der Waals surface area contributed by atoms with Gasteiger partial charge in [-0.1, -0.05) is 13.0 Å². The Hall–Kier alpha value is -1.74. The number of hydrogen-bond acceptors (Lipinski definition) is 3. The molecule has 1 aromatic carbocycles. The van der Waals surface area contributed by atoms with Gasteiger partial charge in [0.05, 0.1) is 19.6 Å². The van der Waals surface area contributed by atoms with Crippen LogP contribution in [0.5, 0.6) is 11.5 Å². The van der Waals surface area contributed by atoms with Crippen LogP contribution < -0.4 is 9.47 Å². The molecule has 3 nitrogen and oxygen atoms in total. The fraction of sp³-hybridized carbons (Fsp3) is 0.312. The zero-order valence-electron chi connectivity index (χ0n) is 11.8. The van der Waals surface area contributed by atoms with Gasteiger partial charge in [-0.3, -0.25) is 4.98 Å². The fourth-order valence-electron chi connectivity index (χ4n) is 2.12. The second-order valence-electron chi connectivity index (χ2n) is 4.55. The van der Waals surface area contributed by atoms with Crippen LogP contribution in [-0.4, -0.2) is 19.2 Å². The normalized spacial score (nSPS) is 13.6. The molecule has 0 spiro atoms. The molecule has 0 aliphatic rings. The molecule has 2 aromatic rings. The predicted molar refractivity (Wildman–Crippen MR) is 80.8 cm³/mol. The van der Waals surface area contributed by atoms with Crippen molar-refractivity contribution in [2.45, 2.75) is 18.2 Å². The van der Waals surface area contributed by atoms with Gasteiger partial charge in [-0.2, -0.15) is 0 Å². The molecule has 1 aromatic heterocycles. The summed E-state index contributed by atoms with van der Waals surface area (Å²) in [6.07, 6.45) is 1.78. The Bertz CT molecular complexity index is 560. The average molecular weight is 292 g/mol. The first kappa shape index (κ1) is 14.7. The lowest BCUT2D eigenvalue weighted by atomic mass is 9.96. The summed E-state index contributed by atoms with van der Waals surface area (Å²) in [5.74, 6) is 1.59. The van der Waals surface area contributed by atoms with E-state index < -0.39 is 0 Å². The summed E-state index contributed by atoms with van der Waals surface area (Å²) in [5.41, 5.74) is 1.86. The van der Waals surface area contributed by atoms with Crippen molar-refractivity contribution in [2.24, 2.45) is 0 Å². The van der Waals surface area contributed by atoms with Gasteiger partial charge in [-0.25, -0.2) is 0 Å². The lowest BCUT2D eigenvalue weighted by Crippen LogP contribution is -2.06. The van der Waals surface area contributed by atoms with Gasteiger partial charge in [0.25, 0.3) is 0 Å². The Kier molecular flexibility index (Phi) is 4.85. The van der Waals surface area contributed by atoms with Crippen molar-refractivity contribution in [1.82, 2.24) is 4.98 Å². The third-order valence-corrected chi connectivity index (χ3v) is 3.94. The van der Waals surface area contributed by atoms with Crippen LogP contribution in [0.2, 0.25) is 0 Å². The van der Waals surface area contributed by atoms with E-state index in [0.717, 1.165) is 22.8 Å². The van der Waals surface area contributed by atoms with Crippen LogP contribution in [0.4, 0.5) is 0 Å². The first-order valence-corrected chi connectivity index (χ1v) is 6.88. The van der Waals surface area contributed by atoms with E-state index in [0.29, 0.717) is 0 Å². The summed E-state index contributed by atoms with van der Waals surface area (Å²) in [4.78, 5) is 4.37. The molecule has 1 heterocycles. The molecule has 0 saturated carbocycles. The molecule has 0 aliphatic heterocycles. The molecule has 0 N–H and O–H groups in total. The van der Waals surface area contributed by atoms with Crippen molar-refractivity contribution >= 4 is 11.6 Å². The number of aromatic nitrogens is 1.